The first-order valence-electron chi connectivity index (χ1n) is 17.4. The molecule has 5 N–H and O–H groups in total. The van der Waals surface area contributed by atoms with E-state index in [0.717, 1.165) is 55.0 Å². The summed E-state index contributed by atoms with van der Waals surface area (Å²) in [5.74, 6) is 0.826. The summed E-state index contributed by atoms with van der Waals surface area (Å²) < 4.78 is 11.0. The third-order valence-electron chi connectivity index (χ3n) is 8.47. The zero-order valence-electron chi connectivity index (χ0n) is 30.0. The molecule has 0 unspecified atom stereocenters. The summed E-state index contributed by atoms with van der Waals surface area (Å²) in [4.78, 5) is 36.0. The Balaban J connectivity index is 0.00000406. The minimum Gasteiger partial charge on any atom is -0.490 e. The molecule has 2 aromatic heterocycles. The summed E-state index contributed by atoms with van der Waals surface area (Å²) in [6.45, 7) is 2.38. The van der Waals surface area contributed by atoms with E-state index in [1.54, 1.807) is 12.1 Å². The monoisotopic (exact) mass is 844 g/mol. The average molecular weight is 846 g/mol. The maximum atomic E-state index is 12.1. The lowest BCUT2D eigenvalue weighted by Gasteiger charge is -2.22. The van der Waals surface area contributed by atoms with E-state index >= 15 is 0 Å². The molecule has 292 valence electrons. The number of esters is 1. The highest BCUT2D eigenvalue weighted by atomic mass is 35.5. The Morgan fingerprint density at radius 3 is 2.35 bits per heavy atom. The van der Waals surface area contributed by atoms with Crippen LogP contribution in [-0.2, 0) is 20.1 Å². The van der Waals surface area contributed by atoms with Gasteiger partial charge in [0, 0.05) is 46.9 Å². The van der Waals surface area contributed by atoms with Crippen LogP contribution in [0.5, 0.6) is 5.75 Å². The molecule has 12 nitrogen and oxygen atoms in total. The summed E-state index contributed by atoms with van der Waals surface area (Å²) in [5.41, 5.74) is 15.1. The number of benzene rings is 2. The van der Waals surface area contributed by atoms with Gasteiger partial charge in [-0.15, -0.1) is 36.2 Å². The van der Waals surface area contributed by atoms with Crippen molar-refractivity contribution < 1.29 is 19.1 Å². The fourth-order valence-electron chi connectivity index (χ4n) is 5.72. The van der Waals surface area contributed by atoms with E-state index in [-0.39, 0.29) is 56.9 Å². The van der Waals surface area contributed by atoms with Gasteiger partial charge >= 0.3 is 5.97 Å². The molecular weight excluding hydrogens is 803 g/mol. The minimum absolute atomic E-state index is 0. The maximum Gasteiger partial charge on any atom is 0.307 e. The number of aromatic nitrogens is 2. The van der Waals surface area contributed by atoms with Crippen LogP contribution in [0.1, 0.15) is 55.3 Å². The maximum absolute atomic E-state index is 12.1. The number of halogens is 3. The summed E-state index contributed by atoms with van der Waals surface area (Å²) in [5, 5.41) is 27.6. The van der Waals surface area contributed by atoms with E-state index in [1.165, 1.54) is 23.1 Å². The van der Waals surface area contributed by atoms with Crippen molar-refractivity contribution in [3.8, 4) is 39.6 Å². The number of pyridine rings is 1. The fourth-order valence-corrected chi connectivity index (χ4v) is 7.65. The quantitative estimate of drug-likeness (QED) is 0.0535. The number of thioether (sulfide) groups is 1. The Hall–Kier alpha value is -4.12. The zero-order chi connectivity index (χ0) is 37.6. The highest BCUT2D eigenvalue weighted by molar-refractivity contribution is 7.98. The number of unbranched alkanes of at least 4 members (excludes halogenated alkanes) is 1. The first kappa shape index (κ1) is 45.3. The van der Waals surface area contributed by atoms with E-state index < -0.39 is 12.0 Å². The van der Waals surface area contributed by atoms with Gasteiger partial charge in [-0.2, -0.15) is 10.5 Å². The number of hydrogen-bond acceptors (Lipinski definition) is 13. The topological polar surface area (TPSA) is 193 Å². The molecule has 1 amide bonds. The summed E-state index contributed by atoms with van der Waals surface area (Å²) >= 11 is 9.02. The van der Waals surface area contributed by atoms with Gasteiger partial charge in [-0.25, -0.2) is 9.97 Å². The van der Waals surface area contributed by atoms with Crippen LogP contribution >= 0.6 is 59.5 Å². The summed E-state index contributed by atoms with van der Waals surface area (Å²) in [6.07, 6.45) is 4.12. The third-order valence-corrected chi connectivity index (χ3v) is 10.7. The van der Waals surface area contributed by atoms with Gasteiger partial charge in [-0.05, 0) is 62.1 Å². The SMILES string of the molecule is Cl.Cl.N#Cc1c(SCc2csc(-c3ccc(Cl)cc3)n2)nc(N2CCCC2)c(C#N)c1-c1ccc(OCCOC(=O)CCNC(=O)[C@@H](N)CCCCN)cc1. The Morgan fingerprint density at radius 2 is 1.67 bits per heavy atom. The van der Waals surface area contributed by atoms with Gasteiger partial charge in [0.1, 0.15) is 52.5 Å². The second-order valence-corrected chi connectivity index (χ2v) is 14.5. The molecule has 5 rings (SSSR count). The van der Waals surface area contributed by atoms with E-state index in [4.69, 9.17) is 42.5 Å². The molecule has 1 saturated heterocycles. The predicted molar refractivity (Wildman–Crippen MR) is 222 cm³/mol. The van der Waals surface area contributed by atoms with Crippen molar-refractivity contribution in [1.82, 2.24) is 15.3 Å². The number of thiazole rings is 1. The lowest BCUT2D eigenvalue weighted by Crippen LogP contribution is -2.41. The number of ether oxygens (including phenoxy) is 2. The molecule has 17 heteroatoms. The lowest BCUT2D eigenvalue weighted by molar-refractivity contribution is -0.144. The molecule has 0 bridgehead atoms. The van der Waals surface area contributed by atoms with Crippen LogP contribution in [0.2, 0.25) is 5.02 Å². The van der Waals surface area contributed by atoms with Crippen molar-refractivity contribution in [2.45, 2.75) is 55.3 Å². The van der Waals surface area contributed by atoms with Gasteiger partial charge < -0.3 is 31.2 Å². The molecule has 0 aliphatic carbocycles. The molecule has 0 radical (unpaired) electrons. The van der Waals surface area contributed by atoms with Crippen LogP contribution in [0.4, 0.5) is 5.82 Å². The number of carbonyl (C=O) groups excluding carboxylic acids is 2. The number of rotatable bonds is 18. The van der Waals surface area contributed by atoms with E-state index in [0.29, 0.717) is 62.6 Å². The third kappa shape index (κ3) is 12.7. The molecular formula is C38H43Cl3N8O4S2. The Bertz CT molecular complexity index is 1950. The summed E-state index contributed by atoms with van der Waals surface area (Å²) in [6, 6.07) is 18.7. The first-order valence-corrected chi connectivity index (χ1v) is 19.6. The second-order valence-electron chi connectivity index (χ2n) is 12.2. The van der Waals surface area contributed by atoms with Gasteiger partial charge in [0.05, 0.1) is 23.7 Å². The fraction of sp³-hybridized carbons (Fsp3) is 0.368. The lowest BCUT2D eigenvalue weighted by atomic mass is 9.96. The molecule has 1 aliphatic heterocycles. The van der Waals surface area contributed by atoms with E-state index in [2.05, 4.69) is 22.4 Å². The van der Waals surface area contributed by atoms with Crippen molar-refractivity contribution >= 4 is 77.2 Å². The molecule has 0 spiro atoms. The van der Waals surface area contributed by atoms with Crippen molar-refractivity contribution in [2.24, 2.45) is 11.5 Å². The van der Waals surface area contributed by atoms with Crippen LogP contribution in [-0.4, -0.2) is 67.3 Å². The number of amides is 1. The molecule has 1 atom stereocenters. The number of anilines is 1. The van der Waals surface area contributed by atoms with Crippen molar-refractivity contribution in [3.05, 3.63) is 75.8 Å². The molecule has 0 saturated carbocycles. The Kier molecular flexibility index (Phi) is 19.0. The van der Waals surface area contributed by atoms with Gasteiger partial charge in [0.15, 0.2) is 0 Å². The molecule has 1 aliphatic rings. The number of nitrogens with two attached hydrogens (primary N) is 2. The van der Waals surface area contributed by atoms with E-state index in [1.807, 2.05) is 41.8 Å². The molecule has 55 heavy (non-hydrogen) atoms. The number of nitriles is 2. The standard InChI is InChI=1S/C38H41ClN8O4S2.2ClH/c39-27-10-6-26(7-11-27)37-45-28(23-52-37)24-53-38-31(22-42)34(30(21-41)35(46-38)47-17-3-4-18-47)25-8-12-29(13-9-25)50-19-20-51-33(48)14-16-44-36(49)32(43)5-1-2-15-40;;/h6-13,23,32H,1-5,14-20,24,40,43H2,(H,44,49);2*1H/t32-;;/m0../s1. The van der Waals surface area contributed by atoms with Crippen molar-refractivity contribution in [3.63, 3.8) is 0 Å². The molecule has 2 aromatic carbocycles. The van der Waals surface area contributed by atoms with Crippen molar-refractivity contribution in [2.75, 3.05) is 44.3 Å². The molecule has 1 fully saturated rings. The number of carbonyl (C=O) groups is 2. The number of nitrogens with zero attached hydrogens (tertiary/aromatic N) is 5. The minimum atomic E-state index is -0.633. The average Bonchev–Trinajstić information content (AvgIpc) is 3.89. The Labute approximate surface area is 346 Å². The molecule has 3 heterocycles. The van der Waals surface area contributed by atoms with Crippen LogP contribution in [0.15, 0.2) is 58.9 Å². The zero-order valence-corrected chi connectivity index (χ0v) is 34.0. The smallest absolute Gasteiger partial charge is 0.307 e. The van der Waals surface area contributed by atoms with Crippen LogP contribution in [0, 0.1) is 22.7 Å². The van der Waals surface area contributed by atoms with Crippen molar-refractivity contribution in [1.29, 1.82) is 10.5 Å². The number of nitrogens with one attached hydrogen (secondary N) is 1. The van der Waals surface area contributed by atoms with Crippen LogP contribution < -0.4 is 26.4 Å². The highest BCUT2D eigenvalue weighted by Crippen LogP contribution is 2.40. The van der Waals surface area contributed by atoms with Gasteiger partial charge in [0.25, 0.3) is 0 Å². The predicted octanol–water partition coefficient (Wildman–Crippen LogP) is 6.89. The largest absolute Gasteiger partial charge is 0.490 e. The summed E-state index contributed by atoms with van der Waals surface area (Å²) in [7, 11) is 0. The highest BCUT2D eigenvalue weighted by Gasteiger charge is 2.26. The first-order chi connectivity index (χ1) is 25.8. The second kappa shape index (κ2) is 23.1. The Morgan fingerprint density at radius 1 is 0.982 bits per heavy atom. The van der Waals surface area contributed by atoms with Gasteiger partial charge in [-0.1, -0.05) is 54.0 Å². The van der Waals surface area contributed by atoms with Crippen LogP contribution in [0.25, 0.3) is 21.7 Å². The van der Waals surface area contributed by atoms with Crippen LogP contribution in [0.3, 0.4) is 0 Å². The normalized spacial score (nSPS) is 12.4. The number of hydrogen-bond donors (Lipinski definition) is 3. The van der Waals surface area contributed by atoms with Gasteiger partial charge in [0.2, 0.25) is 5.91 Å². The van der Waals surface area contributed by atoms with Gasteiger partial charge in [-0.3, -0.25) is 9.59 Å². The molecule has 4 aromatic rings. The van der Waals surface area contributed by atoms with E-state index in [9.17, 15) is 20.1 Å².